The van der Waals surface area contributed by atoms with E-state index in [1.54, 1.807) is 30.5 Å². The number of aromatic nitrogens is 3. The number of ether oxygens (including phenoxy) is 1. The number of carbonyl (C=O) groups is 1. The van der Waals surface area contributed by atoms with Gasteiger partial charge in [-0.2, -0.15) is 0 Å². The molecule has 4 aromatic rings. The Kier molecular flexibility index (Phi) is 5.57. The van der Waals surface area contributed by atoms with Gasteiger partial charge < -0.3 is 10.5 Å². The SMILES string of the molecule is NC(=O)c1ccccc1C1=N[C@@]2(c3ccc(F)cc3F)CO[C@@H](c3cn4cccnc4n3)C[C@H]2CS1. The number of halogens is 2. The van der Waals surface area contributed by atoms with Gasteiger partial charge in [-0.05, 0) is 24.6 Å². The maximum Gasteiger partial charge on any atom is 0.249 e. The summed E-state index contributed by atoms with van der Waals surface area (Å²) in [5.74, 6) is -0.892. The number of amides is 1. The average Bonchev–Trinajstić information content (AvgIpc) is 3.32. The minimum atomic E-state index is -1.10. The second-order valence-electron chi connectivity index (χ2n) is 8.91. The second kappa shape index (κ2) is 8.79. The van der Waals surface area contributed by atoms with E-state index >= 15 is 4.39 Å². The molecule has 10 heteroatoms. The molecule has 36 heavy (non-hydrogen) atoms. The van der Waals surface area contributed by atoms with Crippen LogP contribution in [0.1, 0.15) is 39.7 Å². The smallest absolute Gasteiger partial charge is 0.249 e. The Hall–Kier alpha value is -3.63. The summed E-state index contributed by atoms with van der Waals surface area (Å²) in [6.45, 7) is 0.0645. The first-order valence-electron chi connectivity index (χ1n) is 11.4. The minimum absolute atomic E-state index is 0.0645. The zero-order valence-electron chi connectivity index (χ0n) is 19.0. The van der Waals surface area contributed by atoms with Crippen molar-refractivity contribution in [3.05, 3.63) is 101 Å². The molecular formula is C26H21F2N5O2S. The van der Waals surface area contributed by atoms with Crippen molar-refractivity contribution >= 4 is 28.5 Å². The van der Waals surface area contributed by atoms with Gasteiger partial charge >= 0.3 is 0 Å². The molecule has 0 bridgehead atoms. The van der Waals surface area contributed by atoms with Gasteiger partial charge in [-0.3, -0.25) is 14.2 Å². The molecule has 7 nitrogen and oxygen atoms in total. The molecule has 3 atom stereocenters. The van der Waals surface area contributed by atoms with Crippen molar-refractivity contribution in [1.82, 2.24) is 14.4 Å². The Morgan fingerprint density at radius 2 is 2.06 bits per heavy atom. The van der Waals surface area contributed by atoms with Gasteiger partial charge in [0.25, 0.3) is 0 Å². The van der Waals surface area contributed by atoms with Crippen LogP contribution in [0.15, 0.2) is 72.1 Å². The summed E-state index contributed by atoms with van der Waals surface area (Å²) < 4.78 is 37.2. The summed E-state index contributed by atoms with van der Waals surface area (Å²) in [5.41, 5.74) is 6.43. The summed E-state index contributed by atoms with van der Waals surface area (Å²) in [6, 6.07) is 12.3. The maximum absolute atomic E-state index is 15.2. The molecule has 6 rings (SSSR count). The summed E-state index contributed by atoms with van der Waals surface area (Å²) in [6.07, 6.45) is 5.62. The molecule has 1 fully saturated rings. The average molecular weight is 506 g/mol. The lowest BCUT2D eigenvalue weighted by Crippen LogP contribution is -2.48. The van der Waals surface area contributed by atoms with Crippen LogP contribution in [0.5, 0.6) is 0 Å². The fraction of sp³-hybridized carbons (Fsp3) is 0.231. The number of nitrogens with two attached hydrogens (primary N) is 1. The third-order valence-electron chi connectivity index (χ3n) is 6.81. The standard InChI is InChI=1S/C26H21F2N5O2S/c27-16-6-7-19(20(28)11-16)26-14-35-22(21-12-33-9-3-8-30-25(33)31-21)10-15(26)13-36-24(32-26)18-5-2-1-4-17(18)23(29)34/h1-9,11-12,15,22H,10,13-14H2,(H2,29,34)/t15-,22+,26-/m0/s1. The van der Waals surface area contributed by atoms with Crippen molar-refractivity contribution in [1.29, 1.82) is 0 Å². The molecule has 0 spiro atoms. The molecule has 0 unspecified atom stereocenters. The van der Waals surface area contributed by atoms with E-state index in [1.165, 1.54) is 23.9 Å². The Morgan fingerprint density at radius 1 is 1.19 bits per heavy atom. The Morgan fingerprint density at radius 3 is 2.86 bits per heavy atom. The topological polar surface area (TPSA) is 94.9 Å². The maximum atomic E-state index is 15.2. The number of imidazole rings is 1. The largest absolute Gasteiger partial charge is 0.369 e. The third-order valence-corrected chi connectivity index (χ3v) is 7.96. The van der Waals surface area contributed by atoms with Gasteiger partial charge in [-0.15, -0.1) is 11.8 Å². The van der Waals surface area contributed by atoms with E-state index in [4.69, 9.17) is 15.5 Å². The van der Waals surface area contributed by atoms with E-state index < -0.39 is 23.1 Å². The fourth-order valence-electron chi connectivity index (χ4n) is 5.02. The highest BCUT2D eigenvalue weighted by atomic mass is 32.2. The molecule has 4 heterocycles. The van der Waals surface area contributed by atoms with Crippen molar-refractivity contribution in [3.8, 4) is 0 Å². The molecule has 2 aromatic heterocycles. The van der Waals surface area contributed by atoms with Gasteiger partial charge in [0.15, 0.2) is 0 Å². The van der Waals surface area contributed by atoms with Crippen LogP contribution in [0.4, 0.5) is 8.78 Å². The number of hydrogen-bond donors (Lipinski definition) is 1. The second-order valence-corrected chi connectivity index (χ2v) is 9.92. The van der Waals surface area contributed by atoms with E-state index in [2.05, 4.69) is 9.97 Å². The van der Waals surface area contributed by atoms with Gasteiger partial charge in [0.05, 0.1) is 17.3 Å². The number of rotatable bonds is 4. The molecule has 2 aromatic carbocycles. The quantitative estimate of drug-likeness (QED) is 0.447. The van der Waals surface area contributed by atoms with Crippen LogP contribution in [0.2, 0.25) is 0 Å². The highest BCUT2D eigenvalue weighted by molar-refractivity contribution is 8.14. The highest BCUT2D eigenvalue weighted by Gasteiger charge is 2.50. The summed E-state index contributed by atoms with van der Waals surface area (Å²) in [4.78, 5) is 26.0. The molecular weight excluding hydrogens is 484 g/mol. The molecule has 0 aliphatic carbocycles. The predicted molar refractivity (Wildman–Crippen MR) is 132 cm³/mol. The number of aliphatic imine (C=N–C) groups is 1. The number of hydrogen-bond acceptors (Lipinski definition) is 6. The molecule has 1 amide bonds. The van der Waals surface area contributed by atoms with Gasteiger partial charge in [-0.25, -0.2) is 18.7 Å². The van der Waals surface area contributed by atoms with Gasteiger partial charge in [0.2, 0.25) is 11.7 Å². The van der Waals surface area contributed by atoms with E-state index in [1.807, 2.05) is 22.9 Å². The summed E-state index contributed by atoms with van der Waals surface area (Å²) in [7, 11) is 0. The number of fused-ring (bicyclic) bond motifs is 2. The van der Waals surface area contributed by atoms with Gasteiger partial charge in [0.1, 0.15) is 23.3 Å². The van der Waals surface area contributed by atoms with Crippen molar-refractivity contribution in [2.24, 2.45) is 16.6 Å². The van der Waals surface area contributed by atoms with Crippen LogP contribution in [0.25, 0.3) is 5.78 Å². The monoisotopic (exact) mass is 505 g/mol. The lowest BCUT2D eigenvalue weighted by molar-refractivity contribution is -0.0603. The molecule has 2 N–H and O–H groups in total. The fourth-order valence-corrected chi connectivity index (χ4v) is 6.35. The molecule has 0 radical (unpaired) electrons. The predicted octanol–water partition coefficient (Wildman–Crippen LogP) is 4.27. The van der Waals surface area contributed by atoms with Gasteiger partial charge in [-0.1, -0.05) is 24.3 Å². The van der Waals surface area contributed by atoms with Crippen molar-refractivity contribution in [2.75, 3.05) is 12.4 Å². The Labute approximate surface area is 209 Å². The third kappa shape index (κ3) is 3.77. The molecule has 2 aliphatic heterocycles. The molecule has 0 saturated carbocycles. The number of primary amides is 1. The first-order valence-corrected chi connectivity index (χ1v) is 12.4. The number of thioether (sulfide) groups is 1. The van der Waals surface area contributed by atoms with Crippen LogP contribution in [-0.4, -0.2) is 37.7 Å². The lowest BCUT2D eigenvalue weighted by atomic mass is 9.74. The zero-order chi connectivity index (χ0) is 24.9. The number of carbonyl (C=O) groups excluding carboxylic acids is 1. The molecule has 182 valence electrons. The van der Waals surface area contributed by atoms with Crippen molar-refractivity contribution in [2.45, 2.75) is 18.1 Å². The number of nitrogens with zero attached hydrogens (tertiary/aromatic N) is 4. The Bertz CT molecular complexity index is 1490. The first-order chi connectivity index (χ1) is 17.4. The molecule has 1 saturated heterocycles. The Balaban J connectivity index is 1.44. The minimum Gasteiger partial charge on any atom is -0.369 e. The number of benzene rings is 2. The van der Waals surface area contributed by atoms with E-state index in [0.29, 0.717) is 34.1 Å². The van der Waals surface area contributed by atoms with Crippen LogP contribution in [0.3, 0.4) is 0 Å². The van der Waals surface area contributed by atoms with Crippen LogP contribution in [0, 0.1) is 17.6 Å². The summed E-state index contributed by atoms with van der Waals surface area (Å²) >= 11 is 1.49. The lowest BCUT2D eigenvalue weighted by Gasteiger charge is -2.46. The first kappa shape index (κ1) is 22.8. The van der Waals surface area contributed by atoms with Crippen LogP contribution in [-0.2, 0) is 10.3 Å². The van der Waals surface area contributed by atoms with Crippen molar-refractivity contribution in [3.63, 3.8) is 0 Å². The highest BCUT2D eigenvalue weighted by Crippen LogP contribution is 2.50. The van der Waals surface area contributed by atoms with Crippen LogP contribution < -0.4 is 5.73 Å². The normalized spacial score (nSPS) is 23.8. The van der Waals surface area contributed by atoms with Crippen molar-refractivity contribution < 1.29 is 18.3 Å². The molecule has 2 aliphatic rings. The van der Waals surface area contributed by atoms with Crippen LogP contribution >= 0.6 is 11.8 Å². The zero-order valence-corrected chi connectivity index (χ0v) is 19.8. The van der Waals surface area contributed by atoms with Gasteiger partial charge in [0, 0.05) is 53.0 Å². The van der Waals surface area contributed by atoms with E-state index in [0.717, 1.165) is 11.8 Å². The summed E-state index contributed by atoms with van der Waals surface area (Å²) in [5, 5.41) is 0.573. The van der Waals surface area contributed by atoms with E-state index in [9.17, 15) is 9.18 Å². The van der Waals surface area contributed by atoms with E-state index in [-0.39, 0.29) is 24.2 Å².